The van der Waals surface area contributed by atoms with Crippen molar-refractivity contribution in [3.8, 4) is 0 Å². The number of thiophene rings is 1. The van der Waals surface area contributed by atoms with Crippen LogP contribution in [0.2, 0.25) is 0 Å². The summed E-state index contributed by atoms with van der Waals surface area (Å²) < 4.78 is 0. The number of rotatable bonds is 6. The fourth-order valence-electron chi connectivity index (χ4n) is 4.11. The van der Waals surface area contributed by atoms with Crippen molar-refractivity contribution in [3.05, 3.63) is 46.8 Å². The Balaban J connectivity index is 1.27. The van der Waals surface area contributed by atoms with Crippen molar-refractivity contribution in [2.75, 3.05) is 37.6 Å². The highest BCUT2D eigenvalue weighted by Crippen LogP contribution is 2.37. The van der Waals surface area contributed by atoms with Gasteiger partial charge in [0, 0.05) is 18.8 Å². The van der Waals surface area contributed by atoms with Gasteiger partial charge in [0.1, 0.15) is 0 Å². The third-order valence-electron chi connectivity index (χ3n) is 5.60. The van der Waals surface area contributed by atoms with E-state index in [-0.39, 0.29) is 5.91 Å². The van der Waals surface area contributed by atoms with Crippen LogP contribution >= 0.6 is 11.3 Å². The second-order valence-corrected chi connectivity index (χ2v) is 8.60. The van der Waals surface area contributed by atoms with E-state index in [4.69, 9.17) is 0 Å². The molecule has 0 bridgehead atoms. The number of benzene rings is 1. The van der Waals surface area contributed by atoms with E-state index in [1.165, 1.54) is 50.0 Å². The molecule has 0 spiro atoms. The molecule has 1 fully saturated rings. The molecule has 1 N–H and O–H groups in total. The molecule has 1 aromatic heterocycles. The number of anilines is 2. The maximum Gasteiger partial charge on any atom is 0.261 e. The molecular formula is C22H29N3OS. The van der Waals surface area contributed by atoms with Crippen LogP contribution in [-0.4, -0.2) is 43.5 Å². The molecule has 2 aliphatic rings. The minimum atomic E-state index is 0.0644. The third-order valence-corrected chi connectivity index (χ3v) is 6.71. The fraction of sp³-hybridized carbons (Fsp3) is 0.500. The van der Waals surface area contributed by atoms with Crippen molar-refractivity contribution >= 4 is 27.9 Å². The second-order valence-electron chi connectivity index (χ2n) is 7.53. The zero-order chi connectivity index (χ0) is 18.5. The van der Waals surface area contributed by atoms with Crippen LogP contribution in [0.4, 0.5) is 10.7 Å². The normalized spacial score (nSPS) is 17.6. The summed E-state index contributed by atoms with van der Waals surface area (Å²) in [5.74, 6) is 0.0644. The minimum absolute atomic E-state index is 0.0644. The van der Waals surface area contributed by atoms with Gasteiger partial charge in [0.25, 0.3) is 5.91 Å². The lowest BCUT2D eigenvalue weighted by Gasteiger charge is -2.19. The molecule has 1 aromatic carbocycles. The van der Waals surface area contributed by atoms with Gasteiger partial charge in [-0.2, -0.15) is 0 Å². The van der Waals surface area contributed by atoms with E-state index in [0.717, 1.165) is 42.4 Å². The molecule has 0 atom stereocenters. The highest BCUT2D eigenvalue weighted by molar-refractivity contribution is 7.18. The van der Waals surface area contributed by atoms with E-state index in [1.807, 2.05) is 6.07 Å². The Labute approximate surface area is 166 Å². The first kappa shape index (κ1) is 18.5. The number of likely N-dealkylation sites (tertiary alicyclic amines) is 1. The zero-order valence-electron chi connectivity index (χ0n) is 16.0. The summed E-state index contributed by atoms with van der Waals surface area (Å²) in [7, 11) is 0. The molecule has 2 aromatic rings. The lowest BCUT2D eigenvalue weighted by Crippen LogP contribution is -2.30. The zero-order valence-corrected chi connectivity index (χ0v) is 16.8. The Morgan fingerprint density at radius 1 is 1.00 bits per heavy atom. The van der Waals surface area contributed by atoms with Gasteiger partial charge in [-0.15, -0.1) is 11.3 Å². The minimum Gasteiger partial charge on any atom is -0.351 e. The second kappa shape index (κ2) is 8.89. The van der Waals surface area contributed by atoms with Crippen LogP contribution in [0, 0.1) is 0 Å². The molecule has 0 aliphatic carbocycles. The van der Waals surface area contributed by atoms with Crippen LogP contribution in [0.5, 0.6) is 0 Å². The van der Waals surface area contributed by atoms with Crippen molar-refractivity contribution in [1.29, 1.82) is 0 Å². The Hall–Kier alpha value is -1.85. The van der Waals surface area contributed by atoms with Crippen molar-refractivity contribution in [1.82, 2.24) is 10.2 Å². The number of carbonyl (C=O) groups excluding carboxylic acids is 1. The maximum absolute atomic E-state index is 12.5. The molecule has 0 radical (unpaired) electrons. The van der Waals surface area contributed by atoms with Gasteiger partial charge in [-0.25, -0.2) is 0 Å². The Bertz CT molecular complexity index is 764. The lowest BCUT2D eigenvalue weighted by atomic mass is 10.2. The van der Waals surface area contributed by atoms with Crippen LogP contribution in [0.1, 0.15) is 47.3 Å². The number of amides is 1. The van der Waals surface area contributed by atoms with Gasteiger partial charge in [0.15, 0.2) is 0 Å². The molecule has 144 valence electrons. The summed E-state index contributed by atoms with van der Waals surface area (Å²) in [6.07, 6.45) is 7.49. The molecule has 4 nitrogen and oxygen atoms in total. The predicted octanol–water partition coefficient (Wildman–Crippen LogP) is 4.44. The van der Waals surface area contributed by atoms with Gasteiger partial charge < -0.3 is 15.1 Å². The smallest absolute Gasteiger partial charge is 0.261 e. The number of nitrogens with one attached hydrogen (secondary N) is 1. The first-order valence-electron chi connectivity index (χ1n) is 10.3. The summed E-state index contributed by atoms with van der Waals surface area (Å²) in [6, 6.07) is 12.6. The third kappa shape index (κ3) is 4.53. The number of fused-ring (bicyclic) bond motifs is 1. The van der Waals surface area contributed by atoms with E-state index in [2.05, 4.69) is 45.4 Å². The monoisotopic (exact) mass is 383 g/mol. The molecule has 4 rings (SSSR count). The van der Waals surface area contributed by atoms with Gasteiger partial charge in [0.2, 0.25) is 0 Å². The van der Waals surface area contributed by atoms with Gasteiger partial charge in [-0.05, 0) is 69.1 Å². The van der Waals surface area contributed by atoms with Gasteiger partial charge >= 0.3 is 0 Å². The fourth-order valence-corrected chi connectivity index (χ4v) is 5.08. The van der Waals surface area contributed by atoms with Crippen molar-refractivity contribution in [2.24, 2.45) is 0 Å². The molecule has 3 heterocycles. The van der Waals surface area contributed by atoms with E-state index in [9.17, 15) is 4.79 Å². The summed E-state index contributed by atoms with van der Waals surface area (Å²) in [6.45, 7) is 5.30. The quantitative estimate of drug-likeness (QED) is 0.749. The molecule has 1 saturated heterocycles. The summed E-state index contributed by atoms with van der Waals surface area (Å²) in [5, 5.41) is 4.27. The Morgan fingerprint density at radius 3 is 2.67 bits per heavy atom. The summed E-state index contributed by atoms with van der Waals surface area (Å²) in [4.78, 5) is 18.2. The van der Waals surface area contributed by atoms with Crippen LogP contribution in [0.15, 0.2) is 36.4 Å². The highest BCUT2D eigenvalue weighted by Gasteiger charge is 2.22. The van der Waals surface area contributed by atoms with Crippen LogP contribution in [0.25, 0.3) is 0 Å². The van der Waals surface area contributed by atoms with Crippen LogP contribution in [0.3, 0.4) is 0 Å². The van der Waals surface area contributed by atoms with E-state index in [1.54, 1.807) is 11.3 Å². The van der Waals surface area contributed by atoms with Crippen molar-refractivity contribution < 1.29 is 4.79 Å². The number of hydrogen-bond donors (Lipinski definition) is 1. The topological polar surface area (TPSA) is 35.6 Å². The van der Waals surface area contributed by atoms with E-state index >= 15 is 0 Å². The number of carbonyl (C=O) groups is 1. The van der Waals surface area contributed by atoms with E-state index < -0.39 is 0 Å². The Morgan fingerprint density at radius 2 is 1.81 bits per heavy atom. The van der Waals surface area contributed by atoms with Gasteiger partial charge in [-0.1, -0.05) is 31.0 Å². The first-order chi connectivity index (χ1) is 13.3. The predicted molar refractivity (Wildman–Crippen MR) is 113 cm³/mol. The average molecular weight is 384 g/mol. The average Bonchev–Trinajstić information content (AvgIpc) is 3.26. The van der Waals surface area contributed by atoms with Gasteiger partial charge in [0.05, 0.1) is 9.88 Å². The summed E-state index contributed by atoms with van der Waals surface area (Å²) in [5.41, 5.74) is 2.68. The molecule has 2 aliphatic heterocycles. The maximum atomic E-state index is 12.5. The highest BCUT2D eigenvalue weighted by atomic mass is 32.1. The van der Waals surface area contributed by atoms with Crippen LogP contribution in [-0.2, 0) is 6.42 Å². The van der Waals surface area contributed by atoms with Crippen molar-refractivity contribution in [3.63, 3.8) is 0 Å². The molecule has 27 heavy (non-hydrogen) atoms. The summed E-state index contributed by atoms with van der Waals surface area (Å²) >= 11 is 1.59. The SMILES string of the molecule is O=C(NCCCN1CCCCCC1)c1ccc(N2CCc3ccccc32)s1. The molecule has 0 saturated carbocycles. The Kier molecular flexibility index (Phi) is 6.10. The molecule has 5 heteroatoms. The van der Waals surface area contributed by atoms with Gasteiger partial charge in [-0.3, -0.25) is 4.79 Å². The standard InChI is InChI=1S/C22H29N3OS/c26-22(23-13-7-16-24-14-5-1-2-6-15-24)20-10-11-21(27-20)25-17-12-18-8-3-4-9-19(18)25/h3-4,8-11H,1-2,5-7,12-17H2,(H,23,26). The molecule has 1 amide bonds. The van der Waals surface area contributed by atoms with Crippen LogP contribution < -0.4 is 10.2 Å². The molecular weight excluding hydrogens is 354 g/mol. The largest absolute Gasteiger partial charge is 0.351 e. The number of nitrogens with zero attached hydrogens (tertiary/aromatic N) is 2. The molecule has 0 unspecified atom stereocenters. The first-order valence-corrected chi connectivity index (χ1v) is 11.1. The van der Waals surface area contributed by atoms with E-state index in [0.29, 0.717) is 0 Å². The lowest BCUT2D eigenvalue weighted by molar-refractivity contribution is 0.0955. The number of hydrogen-bond acceptors (Lipinski definition) is 4. The van der Waals surface area contributed by atoms with Crippen molar-refractivity contribution in [2.45, 2.75) is 38.5 Å². The number of para-hydroxylation sites is 1.